The van der Waals surface area contributed by atoms with E-state index in [4.69, 9.17) is 4.42 Å². The molecule has 0 saturated heterocycles. The smallest absolute Gasteiger partial charge is 0.225 e. The molecule has 4 aromatic rings. The molecule has 0 bridgehead atoms. The fourth-order valence-electron chi connectivity index (χ4n) is 3.12. The van der Waals surface area contributed by atoms with Gasteiger partial charge >= 0.3 is 0 Å². The van der Waals surface area contributed by atoms with Gasteiger partial charge in [0.05, 0.1) is 16.8 Å². The molecule has 0 saturated carbocycles. The highest BCUT2D eigenvalue weighted by atomic mass is 32.1. The van der Waals surface area contributed by atoms with E-state index in [2.05, 4.69) is 45.8 Å². The van der Waals surface area contributed by atoms with Crippen molar-refractivity contribution in [3.8, 4) is 22.6 Å². The van der Waals surface area contributed by atoms with Crippen molar-refractivity contribution in [3.05, 3.63) is 76.6 Å². The minimum absolute atomic E-state index is 0.170. The van der Waals surface area contributed by atoms with Crippen LogP contribution in [0.1, 0.15) is 21.7 Å². The highest BCUT2D eigenvalue weighted by Crippen LogP contribution is 2.29. The van der Waals surface area contributed by atoms with Crippen LogP contribution in [0.25, 0.3) is 22.6 Å². The van der Waals surface area contributed by atoms with E-state index in [9.17, 15) is 4.79 Å². The Balaban J connectivity index is 1.51. The zero-order chi connectivity index (χ0) is 19.5. The minimum atomic E-state index is 0.170. The lowest BCUT2D eigenvalue weighted by Crippen LogP contribution is -2.06. The molecule has 0 aliphatic rings. The maximum absolute atomic E-state index is 12.4. The maximum atomic E-state index is 12.4. The number of carbonyl (C=O) groups is 1. The molecule has 0 aliphatic carbocycles. The Kier molecular flexibility index (Phi) is 5.12. The number of aromatic nitrogens is 3. The summed E-state index contributed by atoms with van der Waals surface area (Å²) in [5.74, 6) is 0.778. The van der Waals surface area contributed by atoms with Crippen LogP contribution in [0.4, 0.5) is 0 Å². The Morgan fingerprint density at radius 1 is 1.04 bits per heavy atom. The van der Waals surface area contributed by atoms with Crippen molar-refractivity contribution in [2.24, 2.45) is 0 Å². The number of benzene rings is 2. The molecule has 4 rings (SSSR count). The standard InChI is InChI=1S/C22H19N3O2S/c1-14-3-6-18(22-23-9-10-27-22)12-20(14)17-7-4-16(5-8-17)11-19(26)13-21-15(2)24-25-28-21/h3-10,12H,11,13H2,1-2H3. The predicted molar refractivity (Wildman–Crippen MR) is 109 cm³/mol. The highest BCUT2D eigenvalue weighted by molar-refractivity contribution is 7.05. The quantitative estimate of drug-likeness (QED) is 0.472. The predicted octanol–water partition coefficient (Wildman–Crippen LogP) is 4.83. The first-order valence-electron chi connectivity index (χ1n) is 8.99. The van der Waals surface area contributed by atoms with Gasteiger partial charge in [-0.25, -0.2) is 4.98 Å². The SMILES string of the molecule is Cc1ccc(-c2ncco2)cc1-c1ccc(CC(=O)Cc2snnc2C)cc1. The molecule has 140 valence electrons. The van der Waals surface area contributed by atoms with Crippen molar-refractivity contribution in [2.45, 2.75) is 26.7 Å². The molecule has 0 radical (unpaired) electrons. The lowest BCUT2D eigenvalue weighted by Gasteiger charge is -2.09. The van der Waals surface area contributed by atoms with Gasteiger partial charge < -0.3 is 4.42 Å². The van der Waals surface area contributed by atoms with Gasteiger partial charge in [0.25, 0.3) is 0 Å². The van der Waals surface area contributed by atoms with Gasteiger partial charge in [-0.15, -0.1) is 5.10 Å². The lowest BCUT2D eigenvalue weighted by molar-refractivity contribution is -0.117. The summed E-state index contributed by atoms with van der Waals surface area (Å²) in [4.78, 5) is 17.5. The van der Waals surface area contributed by atoms with Crippen LogP contribution < -0.4 is 0 Å². The van der Waals surface area contributed by atoms with E-state index in [1.165, 1.54) is 17.1 Å². The summed E-state index contributed by atoms with van der Waals surface area (Å²) < 4.78 is 9.30. The molecule has 28 heavy (non-hydrogen) atoms. The van der Waals surface area contributed by atoms with Crippen LogP contribution in [-0.4, -0.2) is 20.4 Å². The zero-order valence-corrected chi connectivity index (χ0v) is 16.5. The van der Waals surface area contributed by atoms with E-state index in [-0.39, 0.29) is 5.78 Å². The van der Waals surface area contributed by atoms with E-state index in [1.807, 2.05) is 25.1 Å². The molecule has 0 aliphatic heterocycles. The van der Waals surface area contributed by atoms with Gasteiger partial charge in [-0.3, -0.25) is 4.79 Å². The lowest BCUT2D eigenvalue weighted by atomic mass is 9.96. The first kappa shape index (κ1) is 18.3. The third-order valence-corrected chi connectivity index (χ3v) is 5.51. The van der Waals surface area contributed by atoms with Crippen LogP contribution in [-0.2, 0) is 17.6 Å². The third-order valence-electron chi connectivity index (χ3n) is 4.69. The molecule has 0 amide bonds. The van der Waals surface area contributed by atoms with Gasteiger partial charge in [0.2, 0.25) is 5.89 Å². The van der Waals surface area contributed by atoms with Gasteiger partial charge in [-0.05, 0) is 59.8 Å². The van der Waals surface area contributed by atoms with Crippen LogP contribution in [0.15, 0.2) is 59.3 Å². The second-order valence-electron chi connectivity index (χ2n) is 6.74. The van der Waals surface area contributed by atoms with E-state index in [0.717, 1.165) is 32.8 Å². The summed E-state index contributed by atoms with van der Waals surface area (Å²) in [7, 11) is 0. The maximum Gasteiger partial charge on any atom is 0.225 e. The molecule has 2 heterocycles. The molecule has 0 fully saturated rings. The molecule has 2 aromatic heterocycles. The highest BCUT2D eigenvalue weighted by Gasteiger charge is 2.11. The van der Waals surface area contributed by atoms with Crippen molar-refractivity contribution < 1.29 is 9.21 Å². The van der Waals surface area contributed by atoms with Crippen molar-refractivity contribution in [3.63, 3.8) is 0 Å². The number of Topliss-reactive ketones (excluding diaryl/α,β-unsaturated/α-hetero) is 1. The van der Waals surface area contributed by atoms with E-state index < -0.39 is 0 Å². The molecular weight excluding hydrogens is 370 g/mol. The first-order valence-corrected chi connectivity index (χ1v) is 9.77. The summed E-state index contributed by atoms with van der Waals surface area (Å²) in [6.45, 7) is 3.97. The van der Waals surface area contributed by atoms with Crippen LogP contribution in [0, 0.1) is 13.8 Å². The fourth-order valence-corrected chi connectivity index (χ4v) is 3.78. The van der Waals surface area contributed by atoms with Gasteiger partial charge in [0, 0.05) is 18.4 Å². The van der Waals surface area contributed by atoms with Crippen molar-refractivity contribution >= 4 is 17.3 Å². The number of hydrogen-bond acceptors (Lipinski definition) is 6. The molecule has 6 heteroatoms. The van der Waals surface area contributed by atoms with Gasteiger partial charge in [0.15, 0.2) is 0 Å². The Morgan fingerprint density at radius 2 is 1.82 bits per heavy atom. The van der Waals surface area contributed by atoms with Crippen molar-refractivity contribution in [1.82, 2.24) is 14.6 Å². The van der Waals surface area contributed by atoms with Crippen molar-refractivity contribution in [1.29, 1.82) is 0 Å². The molecule has 2 aromatic carbocycles. The van der Waals surface area contributed by atoms with E-state index in [1.54, 1.807) is 12.5 Å². The molecular formula is C22H19N3O2S. The molecule has 0 unspecified atom stereocenters. The number of carbonyl (C=O) groups excluding carboxylic acids is 1. The van der Waals surface area contributed by atoms with E-state index >= 15 is 0 Å². The van der Waals surface area contributed by atoms with Crippen LogP contribution in [0.2, 0.25) is 0 Å². The molecule has 0 atom stereocenters. The largest absolute Gasteiger partial charge is 0.445 e. The number of nitrogens with zero attached hydrogens (tertiary/aromatic N) is 3. The first-order chi connectivity index (χ1) is 13.6. The van der Waals surface area contributed by atoms with Crippen LogP contribution in [0.3, 0.4) is 0 Å². The topological polar surface area (TPSA) is 68.9 Å². The van der Waals surface area contributed by atoms with Crippen molar-refractivity contribution in [2.75, 3.05) is 0 Å². The second kappa shape index (κ2) is 7.86. The normalized spacial score (nSPS) is 10.9. The van der Waals surface area contributed by atoms with Crippen LogP contribution >= 0.6 is 11.5 Å². The Labute approximate surface area is 167 Å². The Bertz CT molecular complexity index is 1100. The zero-order valence-electron chi connectivity index (χ0n) is 15.7. The van der Waals surface area contributed by atoms with E-state index in [0.29, 0.717) is 18.7 Å². The Hall–Kier alpha value is -3.12. The summed E-state index contributed by atoms with van der Waals surface area (Å²) >= 11 is 1.30. The average molecular weight is 389 g/mol. The number of ketones is 1. The van der Waals surface area contributed by atoms with Gasteiger partial charge in [-0.1, -0.05) is 34.8 Å². The molecule has 5 nitrogen and oxygen atoms in total. The number of rotatable bonds is 6. The summed E-state index contributed by atoms with van der Waals surface area (Å²) in [6.07, 6.45) is 4.02. The fraction of sp³-hybridized carbons (Fsp3) is 0.182. The second-order valence-corrected chi connectivity index (χ2v) is 7.58. The Morgan fingerprint density at radius 3 is 2.50 bits per heavy atom. The summed E-state index contributed by atoms with van der Waals surface area (Å²) in [5, 5.41) is 3.96. The van der Waals surface area contributed by atoms with Crippen LogP contribution in [0.5, 0.6) is 0 Å². The minimum Gasteiger partial charge on any atom is -0.445 e. The van der Waals surface area contributed by atoms with Gasteiger partial charge in [-0.2, -0.15) is 0 Å². The molecule has 0 spiro atoms. The molecule has 0 N–H and O–H groups in total. The number of aryl methyl sites for hydroxylation is 2. The number of oxazole rings is 1. The van der Waals surface area contributed by atoms with Gasteiger partial charge in [0.1, 0.15) is 12.0 Å². The average Bonchev–Trinajstić information content (AvgIpc) is 3.36. The monoisotopic (exact) mass is 389 g/mol. The third kappa shape index (κ3) is 3.92. The number of hydrogen-bond donors (Lipinski definition) is 0. The summed E-state index contributed by atoms with van der Waals surface area (Å²) in [5.41, 5.74) is 6.19. The summed E-state index contributed by atoms with van der Waals surface area (Å²) in [6, 6.07) is 14.3.